The first-order valence-corrected chi connectivity index (χ1v) is 6.03. The van der Waals surface area contributed by atoms with Gasteiger partial charge in [-0.15, -0.1) is 0 Å². The highest BCUT2D eigenvalue weighted by molar-refractivity contribution is 6.32. The molecule has 1 heterocycles. The van der Waals surface area contributed by atoms with Crippen molar-refractivity contribution in [1.29, 1.82) is 0 Å². The van der Waals surface area contributed by atoms with Crippen LogP contribution >= 0.6 is 11.6 Å². The molecule has 0 aliphatic carbocycles. The van der Waals surface area contributed by atoms with Gasteiger partial charge >= 0.3 is 0 Å². The van der Waals surface area contributed by atoms with E-state index in [4.69, 9.17) is 11.6 Å². The quantitative estimate of drug-likeness (QED) is 0.865. The summed E-state index contributed by atoms with van der Waals surface area (Å²) in [5, 5.41) is 7.49. The summed E-state index contributed by atoms with van der Waals surface area (Å²) in [6.45, 7) is 6.58. The van der Waals surface area contributed by atoms with Crippen LogP contribution in [0.25, 0.3) is 0 Å². The normalized spacial score (nSPS) is 10.8. The number of halogens is 1. The molecule has 1 N–H and O–H groups in total. The van der Waals surface area contributed by atoms with Gasteiger partial charge in [0.05, 0.1) is 11.9 Å². The maximum atomic E-state index is 11.7. The highest BCUT2D eigenvalue weighted by Crippen LogP contribution is 2.17. The van der Waals surface area contributed by atoms with Gasteiger partial charge in [0.2, 0.25) is 0 Å². The summed E-state index contributed by atoms with van der Waals surface area (Å²) in [6.07, 6.45) is 3.60. The molecule has 0 atom stereocenters. The minimum absolute atomic E-state index is 0.226. The SMILES string of the molecule is CCC(CC)Nc1cnn(CC)c(=O)c1Cl. The van der Waals surface area contributed by atoms with Gasteiger partial charge in [-0.1, -0.05) is 25.4 Å². The Bertz CT molecular complexity index is 399. The van der Waals surface area contributed by atoms with E-state index < -0.39 is 0 Å². The maximum absolute atomic E-state index is 11.7. The van der Waals surface area contributed by atoms with E-state index in [1.54, 1.807) is 6.20 Å². The molecule has 0 bridgehead atoms. The molecule has 1 rings (SSSR count). The van der Waals surface area contributed by atoms with Crippen molar-refractivity contribution in [2.75, 3.05) is 5.32 Å². The Morgan fingerprint density at radius 2 is 2.06 bits per heavy atom. The Hall–Kier alpha value is -1.03. The highest BCUT2D eigenvalue weighted by Gasteiger charge is 2.11. The van der Waals surface area contributed by atoms with Crippen LogP contribution in [0.2, 0.25) is 5.02 Å². The van der Waals surface area contributed by atoms with Crippen LogP contribution in [0.5, 0.6) is 0 Å². The van der Waals surface area contributed by atoms with Gasteiger partial charge in [0, 0.05) is 12.6 Å². The Morgan fingerprint density at radius 3 is 2.56 bits per heavy atom. The fraction of sp³-hybridized carbons (Fsp3) is 0.636. The number of aryl methyl sites for hydroxylation is 1. The van der Waals surface area contributed by atoms with E-state index in [2.05, 4.69) is 24.3 Å². The molecule has 0 saturated heterocycles. The van der Waals surface area contributed by atoms with Gasteiger partial charge in [-0.25, -0.2) is 4.68 Å². The van der Waals surface area contributed by atoms with E-state index in [1.807, 2.05) is 6.92 Å². The molecule has 5 heteroatoms. The summed E-state index contributed by atoms with van der Waals surface area (Å²) in [4.78, 5) is 11.7. The predicted molar refractivity (Wildman–Crippen MR) is 67.2 cm³/mol. The minimum Gasteiger partial charge on any atom is -0.380 e. The number of nitrogens with one attached hydrogen (secondary N) is 1. The zero-order chi connectivity index (χ0) is 12.1. The molecule has 0 radical (unpaired) electrons. The summed E-state index contributed by atoms with van der Waals surface area (Å²) in [6, 6.07) is 0.330. The summed E-state index contributed by atoms with van der Waals surface area (Å²) in [7, 11) is 0. The van der Waals surface area contributed by atoms with Gasteiger partial charge in [0.15, 0.2) is 0 Å². The van der Waals surface area contributed by atoms with Crippen LogP contribution in [-0.4, -0.2) is 15.8 Å². The monoisotopic (exact) mass is 243 g/mol. The van der Waals surface area contributed by atoms with Crippen molar-refractivity contribution >= 4 is 17.3 Å². The number of rotatable bonds is 5. The Balaban J connectivity index is 2.99. The van der Waals surface area contributed by atoms with Crippen LogP contribution in [0.3, 0.4) is 0 Å². The lowest BCUT2D eigenvalue weighted by molar-refractivity contribution is 0.612. The van der Waals surface area contributed by atoms with Crippen molar-refractivity contribution in [2.24, 2.45) is 0 Å². The van der Waals surface area contributed by atoms with Gasteiger partial charge in [0.1, 0.15) is 5.02 Å². The molecule has 16 heavy (non-hydrogen) atoms. The first kappa shape index (κ1) is 13.0. The summed E-state index contributed by atoms with van der Waals surface area (Å²) in [5.74, 6) is 0. The number of hydrogen-bond donors (Lipinski definition) is 1. The molecule has 0 saturated carbocycles. The number of nitrogens with zero attached hydrogens (tertiary/aromatic N) is 2. The number of hydrogen-bond acceptors (Lipinski definition) is 3. The van der Waals surface area contributed by atoms with Crippen molar-refractivity contribution in [3.63, 3.8) is 0 Å². The molecular weight excluding hydrogens is 226 g/mol. The zero-order valence-electron chi connectivity index (χ0n) is 9.96. The maximum Gasteiger partial charge on any atom is 0.287 e. The van der Waals surface area contributed by atoms with E-state index in [9.17, 15) is 4.79 Å². The molecule has 90 valence electrons. The number of aromatic nitrogens is 2. The van der Waals surface area contributed by atoms with Crippen molar-refractivity contribution < 1.29 is 0 Å². The van der Waals surface area contributed by atoms with Crippen LogP contribution in [0.1, 0.15) is 33.6 Å². The van der Waals surface area contributed by atoms with Crippen LogP contribution in [-0.2, 0) is 6.54 Å². The Morgan fingerprint density at radius 1 is 1.44 bits per heavy atom. The minimum atomic E-state index is -0.236. The first-order valence-electron chi connectivity index (χ1n) is 5.66. The van der Waals surface area contributed by atoms with E-state index in [0.29, 0.717) is 18.3 Å². The molecule has 0 spiro atoms. The van der Waals surface area contributed by atoms with Crippen molar-refractivity contribution in [3.8, 4) is 0 Å². The number of anilines is 1. The third kappa shape index (κ3) is 2.76. The van der Waals surface area contributed by atoms with Crippen molar-refractivity contribution in [2.45, 2.75) is 46.2 Å². The molecular formula is C11H18ClN3O. The second-order valence-electron chi connectivity index (χ2n) is 3.65. The molecule has 1 aromatic rings. The first-order chi connectivity index (χ1) is 7.63. The molecule has 0 amide bonds. The van der Waals surface area contributed by atoms with Gasteiger partial charge in [0.25, 0.3) is 5.56 Å². The standard InChI is InChI=1S/C11H18ClN3O/c1-4-8(5-2)14-9-7-13-15(6-3)11(16)10(9)12/h7-8,14H,4-6H2,1-3H3. The third-order valence-corrected chi connectivity index (χ3v) is 2.99. The predicted octanol–water partition coefficient (Wildman–Crippen LogP) is 2.52. The largest absolute Gasteiger partial charge is 0.380 e. The smallest absolute Gasteiger partial charge is 0.287 e. The van der Waals surface area contributed by atoms with Gasteiger partial charge in [-0.3, -0.25) is 4.79 Å². The lowest BCUT2D eigenvalue weighted by atomic mass is 10.1. The fourth-order valence-corrected chi connectivity index (χ4v) is 1.70. The molecule has 0 aliphatic rings. The van der Waals surface area contributed by atoms with Crippen LogP contribution in [0.15, 0.2) is 11.0 Å². The molecule has 0 fully saturated rings. The van der Waals surface area contributed by atoms with E-state index in [1.165, 1.54) is 4.68 Å². The lowest BCUT2D eigenvalue weighted by Crippen LogP contribution is -2.25. The fourth-order valence-electron chi connectivity index (χ4n) is 1.50. The van der Waals surface area contributed by atoms with E-state index in [-0.39, 0.29) is 10.6 Å². The second kappa shape index (κ2) is 5.89. The second-order valence-corrected chi connectivity index (χ2v) is 4.03. The molecule has 0 aromatic carbocycles. The molecule has 1 aromatic heterocycles. The van der Waals surface area contributed by atoms with Gasteiger partial charge in [-0.2, -0.15) is 5.10 Å². The molecule has 0 unspecified atom stereocenters. The topological polar surface area (TPSA) is 46.9 Å². The molecule has 4 nitrogen and oxygen atoms in total. The Labute approximate surface area is 101 Å². The van der Waals surface area contributed by atoms with E-state index in [0.717, 1.165) is 12.8 Å². The van der Waals surface area contributed by atoms with E-state index >= 15 is 0 Å². The average Bonchev–Trinajstić information content (AvgIpc) is 2.31. The molecule has 0 aliphatic heterocycles. The summed E-state index contributed by atoms with van der Waals surface area (Å²) in [5.41, 5.74) is 0.394. The van der Waals surface area contributed by atoms with Gasteiger partial charge in [-0.05, 0) is 19.8 Å². The van der Waals surface area contributed by atoms with Crippen LogP contribution in [0, 0.1) is 0 Å². The van der Waals surface area contributed by atoms with Gasteiger partial charge < -0.3 is 5.32 Å². The van der Waals surface area contributed by atoms with Crippen molar-refractivity contribution in [1.82, 2.24) is 9.78 Å². The summed E-state index contributed by atoms with van der Waals surface area (Å²) < 4.78 is 1.35. The summed E-state index contributed by atoms with van der Waals surface area (Å²) >= 11 is 6.00. The van der Waals surface area contributed by atoms with Crippen molar-refractivity contribution in [3.05, 3.63) is 21.6 Å². The third-order valence-electron chi connectivity index (χ3n) is 2.63. The van der Waals surface area contributed by atoms with Crippen LogP contribution in [0.4, 0.5) is 5.69 Å². The van der Waals surface area contributed by atoms with Crippen LogP contribution < -0.4 is 10.9 Å². The average molecular weight is 244 g/mol. The Kier molecular flexibility index (Phi) is 4.80. The lowest BCUT2D eigenvalue weighted by Gasteiger charge is -2.17. The zero-order valence-corrected chi connectivity index (χ0v) is 10.7. The highest BCUT2D eigenvalue weighted by atomic mass is 35.5.